The molecule has 4 nitrogen and oxygen atoms in total. The summed E-state index contributed by atoms with van der Waals surface area (Å²) in [6, 6.07) is 9.97. The summed E-state index contributed by atoms with van der Waals surface area (Å²) in [5.74, 6) is 0. The zero-order valence-corrected chi connectivity index (χ0v) is 11.5. The van der Waals surface area contributed by atoms with Gasteiger partial charge in [-0.2, -0.15) is 0 Å². The Morgan fingerprint density at radius 1 is 1.37 bits per heavy atom. The van der Waals surface area contributed by atoms with Gasteiger partial charge in [-0.1, -0.05) is 42.1 Å². The minimum absolute atomic E-state index is 0.0192. The molecular weight excluding hydrogens is 264 g/mol. The van der Waals surface area contributed by atoms with Gasteiger partial charge in [0, 0.05) is 6.92 Å². The van der Waals surface area contributed by atoms with Gasteiger partial charge in [0.25, 0.3) is 0 Å². The van der Waals surface area contributed by atoms with Crippen molar-refractivity contribution in [2.24, 2.45) is 0 Å². The molecule has 2 aliphatic heterocycles. The second kappa shape index (κ2) is 5.63. The Morgan fingerprint density at radius 2 is 2.16 bits per heavy atom. The van der Waals surface area contributed by atoms with Crippen LogP contribution in [0.1, 0.15) is 12.5 Å². The summed E-state index contributed by atoms with van der Waals surface area (Å²) in [6.07, 6.45) is -0.230. The summed E-state index contributed by atoms with van der Waals surface area (Å²) >= 11 is 1.30. The minimum Gasteiger partial charge on any atom is -0.363 e. The molecule has 2 fully saturated rings. The van der Waals surface area contributed by atoms with E-state index in [4.69, 9.17) is 14.2 Å². The monoisotopic (exact) mass is 280 g/mol. The van der Waals surface area contributed by atoms with Crippen molar-refractivity contribution >= 4 is 16.9 Å². The second-order valence-electron chi connectivity index (χ2n) is 4.71. The molecule has 2 aliphatic rings. The first-order valence-electron chi connectivity index (χ1n) is 6.34. The molecular formula is C14H16O4S. The quantitative estimate of drug-likeness (QED) is 0.789. The summed E-state index contributed by atoms with van der Waals surface area (Å²) in [6.45, 7) is 2.59. The highest BCUT2D eigenvalue weighted by Gasteiger charge is 2.55. The molecule has 0 amide bonds. The standard InChI is InChI=1S/C14H16O4S/c1-9(15)19-11-8-17-14(13-12(11)18-13)16-7-10-5-3-2-4-6-10/h2-6,11-14H,7-8H2,1H3/t11-,12+,13+,14-/m0/s1. The van der Waals surface area contributed by atoms with Gasteiger partial charge in [0.05, 0.1) is 18.5 Å². The van der Waals surface area contributed by atoms with Crippen LogP contribution in [-0.2, 0) is 25.6 Å². The molecule has 1 aromatic rings. The molecule has 2 heterocycles. The molecule has 0 aromatic heterocycles. The molecule has 3 rings (SSSR count). The molecule has 2 saturated heterocycles. The van der Waals surface area contributed by atoms with E-state index in [2.05, 4.69) is 0 Å². The van der Waals surface area contributed by atoms with Gasteiger partial charge in [0.2, 0.25) is 0 Å². The smallest absolute Gasteiger partial charge is 0.186 e. The first-order chi connectivity index (χ1) is 9.24. The number of rotatable bonds is 4. The first-order valence-corrected chi connectivity index (χ1v) is 7.22. The number of ether oxygens (including phenoxy) is 3. The van der Waals surface area contributed by atoms with Crippen molar-refractivity contribution in [3.8, 4) is 0 Å². The van der Waals surface area contributed by atoms with E-state index in [-0.39, 0.29) is 28.9 Å². The number of benzene rings is 1. The predicted molar refractivity (Wildman–Crippen MR) is 71.7 cm³/mol. The fourth-order valence-corrected chi connectivity index (χ4v) is 3.17. The lowest BCUT2D eigenvalue weighted by molar-refractivity contribution is -0.164. The van der Waals surface area contributed by atoms with Gasteiger partial charge in [-0.05, 0) is 5.56 Å². The number of carbonyl (C=O) groups is 1. The highest BCUT2D eigenvalue weighted by atomic mass is 32.2. The summed E-state index contributed by atoms with van der Waals surface area (Å²) < 4.78 is 17.0. The second-order valence-corrected chi connectivity index (χ2v) is 6.13. The van der Waals surface area contributed by atoms with E-state index in [1.165, 1.54) is 11.8 Å². The van der Waals surface area contributed by atoms with Gasteiger partial charge in [-0.3, -0.25) is 4.79 Å². The molecule has 0 saturated carbocycles. The lowest BCUT2D eigenvalue weighted by atomic mass is 10.2. The van der Waals surface area contributed by atoms with E-state index in [1.807, 2.05) is 30.3 Å². The largest absolute Gasteiger partial charge is 0.363 e. The lowest BCUT2D eigenvalue weighted by Gasteiger charge is -2.24. The normalized spacial score (nSPS) is 32.7. The van der Waals surface area contributed by atoms with Crippen LogP contribution in [0.4, 0.5) is 0 Å². The number of hydrogen-bond acceptors (Lipinski definition) is 5. The Balaban J connectivity index is 1.49. The molecule has 102 valence electrons. The topological polar surface area (TPSA) is 48.1 Å². The van der Waals surface area contributed by atoms with E-state index in [1.54, 1.807) is 6.92 Å². The number of hydrogen-bond donors (Lipinski definition) is 0. The van der Waals surface area contributed by atoms with Crippen LogP contribution in [0.3, 0.4) is 0 Å². The fourth-order valence-electron chi connectivity index (χ4n) is 2.24. The molecule has 0 radical (unpaired) electrons. The van der Waals surface area contributed by atoms with Crippen LogP contribution in [0, 0.1) is 0 Å². The van der Waals surface area contributed by atoms with Crippen molar-refractivity contribution in [3.05, 3.63) is 35.9 Å². The van der Waals surface area contributed by atoms with Gasteiger partial charge in [-0.15, -0.1) is 0 Å². The average Bonchev–Trinajstić information content (AvgIpc) is 3.19. The number of fused-ring (bicyclic) bond motifs is 1. The molecule has 4 atom stereocenters. The molecule has 1 aromatic carbocycles. The summed E-state index contributed by atoms with van der Waals surface area (Å²) in [4.78, 5) is 11.1. The maximum Gasteiger partial charge on any atom is 0.186 e. The summed E-state index contributed by atoms with van der Waals surface area (Å²) in [7, 11) is 0. The molecule has 0 aliphatic carbocycles. The van der Waals surface area contributed by atoms with E-state index < -0.39 is 0 Å². The molecule has 0 spiro atoms. The lowest BCUT2D eigenvalue weighted by Crippen LogP contribution is -2.37. The van der Waals surface area contributed by atoms with Crippen LogP contribution in [0.15, 0.2) is 30.3 Å². The predicted octanol–water partition coefficient (Wildman–Crippen LogP) is 1.98. The van der Waals surface area contributed by atoms with Crippen LogP contribution in [0.5, 0.6) is 0 Å². The van der Waals surface area contributed by atoms with Crippen LogP contribution in [0.2, 0.25) is 0 Å². The zero-order valence-electron chi connectivity index (χ0n) is 10.7. The third kappa shape index (κ3) is 3.17. The van der Waals surface area contributed by atoms with Gasteiger partial charge < -0.3 is 14.2 Å². The van der Waals surface area contributed by atoms with Gasteiger partial charge >= 0.3 is 0 Å². The van der Waals surface area contributed by atoms with Crippen molar-refractivity contribution in [1.82, 2.24) is 0 Å². The van der Waals surface area contributed by atoms with E-state index >= 15 is 0 Å². The summed E-state index contributed by atoms with van der Waals surface area (Å²) in [5.41, 5.74) is 1.11. The van der Waals surface area contributed by atoms with Crippen molar-refractivity contribution < 1.29 is 19.0 Å². The van der Waals surface area contributed by atoms with E-state index in [0.29, 0.717) is 13.2 Å². The number of carbonyl (C=O) groups excluding carboxylic acids is 1. The van der Waals surface area contributed by atoms with Crippen LogP contribution >= 0.6 is 11.8 Å². The van der Waals surface area contributed by atoms with Crippen molar-refractivity contribution in [3.63, 3.8) is 0 Å². The average molecular weight is 280 g/mol. The van der Waals surface area contributed by atoms with E-state index in [0.717, 1.165) is 5.56 Å². The first kappa shape index (κ1) is 13.1. The zero-order chi connectivity index (χ0) is 13.2. The van der Waals surface area contributed by atoms with Gasteiger partial charge in [0.15, 0.2) is 11.4 Å². The third-order valence-electron chi connectivity index (χ3n) is 3.20. The maximum absolute atomic E-state index is 11.1. The minimum atomic E-state index is -0.311. The van der Waals surface area contributed by atoms with Gasteiger partial charge in [0.1, 0.15) is 12.2 Å². The molecule has 5 heteroatoms. The molecule has 0 unspecified atom stereocenters. The molecule has 19 heavy (non-hydrogen) atoms. The molecule has 0 N–H and O–H groups in total. The fraction of sp³-hybridized carbons (Fsp3) is 0.500. The maximum atomic E-state index is 11.1. The van der Waals surface area contributed by atoms with Crippen LogP contribution in [-0.4, -0.2) is 35.5 Å². The van der Waals surface area contributed by atoms with Gasteiger partial charge in [-0.25, -0.2) is 0 Å². The highest BCUT2D eigenvalue weighted by Crippen LogP contribution is 2.40. The Morgan fingerprint density at radius 3 is 2.89 bits per heavy atom. The molecule has 0 bridgehead atoms. The Bertz CT molecular complexity index is 450. The third-order valence-corrected chi connectivity index (χ3v) is 4.23. The van der Waals surface area contributed by atoms with Crippen molar-refractivity contribution in [2.45, 2.75) is 37.3 Å². The highest BCUT2D eigenvalue weighted by molar-refractivity contribution is 8.14. The van der Waals surface area contributed by atoms with Crippen molar-refractivity contribution in [2.75, 3.05) is 6.61 Å². The SMILES string of the molecule is CC(=O)S[C@H]1CO[C@H](OCc2ccccc2)[C@@H]2O[C@@H]21. The Kier molecular flexibility index (Phi) is 3.88. The van der Waals surface area contributed by atoms with Crippen LogP contribution in [0.25, 0.3) is 0 Å². The van der Waals surface area contributed by atoms with E-state index in [9.17, 15) is 4.79 Å². The van der Waals surface area contributed by atoms with Crippen molar-refractivity contribution in [1.29, 1.82) is 0 Å². The van der Waals surface area contributed by atoms with Crippen LogP contribution < -0.4 is 0 Å². The Labute approximate surface area is 116 Å². The Hall–Kier alpha value is -0.880. The number of epoxide rings is 1. The summed E-state index contributed by atoms with van der Waals surface area (Å²) in [5, 5.41) is 0.213. The number of thioether (sulfide) groups is 1.